The van der Waals surface area contributed by atoms with E-state index in [2.05, 4.69) is 56.2 Å². The predicted molar refractivity (Wildman–Crippen MR) is 115 cm³/mol. The van der Waals surface area contributed by atoms with Gasteiger partial charge in [0.25, 0.3) is 0 Å². The minimum absolute atomic E-state index is 0.622. The van der Waals surface area contributed by atoms with Crippen LogP contribution in [-0.4, -0.2) is 66.7 Å². The molecule has 0 aromatic carbocycles. The van der Waals surface area contributed by atoms with Crippen LogP contribution in [0.3, 0.4) is 0 Å². The van der Waals surface area contributed by atoms with E-state index in [-0.39, 0.29) is 0 Å². The van der Waals surface area contributed by atoms with E-state index >= 15 is 0 Å². The lowest BCUT2D eigenvalue weighted by molar-refractivity contribution is 0.206. The Morgan fingerprint density at radius 3 is 2.36 bits per heavy atom. The summed E-state index contributed by atoms with van der Waals surface area (Å²) in [7, 11) is 0. The van der Waals surface area contributed by atoms with Crippen LogP contribution in [-0.2, 0) is 6.54 Å². The van der Waals surface area contributed by atoms with Gasteiger partial charge in [-0.15, -0.1) is 0 Å². The molecule has 0 unspecified atom stereocenters. The fourth-order valence-electron chi connectivity index (χ4n) is 4.25. The Bertz CT molecular complexity index is 721. The van der Waals surface area contributed by atoms with Crippen molar-refractivity contribution < 1.29 is 0 Å². The zero-order chi connectivity index (χ0) is 19.2. The molecule has 2 aliphatic rings. The van der Waals surface area contributed by atoms with E-state index in [0.717, 1.165) is 44.4 Å². The normalized spacial score (nSPS) is 19.2. The van der Waals surface area contributed by atoms with E-state index in [1.54, 1.807) is 0 Å². The number of anilines is 2. The first-order valence-electron chi connectivity index (χ1n) is 10.6. The quantitative estimate of drug-likeness (QED) is 0.830. The molecule has 6 heteroatoms. The maximum Gasteiger partial charge on any atom is 0.133 e. The Morgan fingerprint density at radius 1 is 0.893 bits per heavy atom. The topological polar surface area (TPSA) is 47.5 Å². The van der Waals surface area contributed by atoms with Crippen LogP contribution in [0.15, 0.2) is 42.7 Å². The predicted octanol–water partition coefficient (Wildman–Crippen LogP) is 2.38. The second kappa shape index (κ2) is 9.34. The van der Waals surface area contributed by atoms with Gasteiger partial charge in [-0.25, -0.2) is 9.97 Å². The van der Waals surface area contributed by atoms with Gasteiger partial charge < -0.3 is 20.0 Å². The van der Waals surface area contributed by atoms with Crippen LogP contribution in [0.5, 0.6) is 0 Å². The van der Waals surface area contributed by atoms with Gasteiger partial charge in [0.05, 0.1) is 0 Å². The Labute approximate surface area is 168 Å². The molecule has 150 valence electrons. The summed E-state index contributed by atoms with van der Waals surface area (Å²) < 4.78 is 0. The first-order valence-corrected chi connectivity index (χ1v) is 10.6. The van der Waals surface area contributed by atoms with Gasteiger partial charge in [0, 0.05) is 56.7 Å². The lowest BCUT2D eigenvalue weighted by Crippen LogP contribution is -2.47. The number of likely N-dealkylation sites (tertiary alicyclic amines) is 1. The number of nitrogens with zero attached hydrogens (tertiary/aromatic N) is 5. The molecule has 2 aromatic heterocycles. The second-order valence-corrected chi connectivity index (χ2v) is 7.74. The van der Waals surface area contributed by atoms with Crippen molar-refractivity contribution in [2.75, 3.05) is 55.6 Å². The number of hydrogen-bond donors (Lipinski definition) is 1. The molecule has 0 saturated carbocycles. The zero-order valence-electron chi connectivity index (χ0n) is 16.9. The maximum absolute atomic E-state index is 4.73. The zero-order valence-corrected chi connectivity index (χ0v) is 16.9. The van der Waals surface area contributed by atoms with Crippen LogP contribution in [0.25, 0.3) is 0 Å². The lowest BCUT2D eigenvalue weighted by atomic mass is 10.0. The molecule has 28 heavy (non-hydrogen) atoms. The Morgan fingerprint density at radius 2 is 1.64 bits per heavy atom. The lowest BCUT2D eigenvalue weighted by Gasteiger charge is -2.37. The van der Waals surface area contributed by atoms with Gasteiger partial charge in [0.2, 0.25) is 0 Å². The third-order valence-corrected chi connectivity index (χ3v) is 6.04. The smallest absolute Gasteiger partial charge is 0.133 e. The highest BCUT2D eigenvalue weighted by molar-refractivity contribution is 5.49. The fraction of sp³-hybridized carbons (Fsp3) is 0.545. The molecule has 0 atom stereocenters. The van der Waals surface area contributed by atoms with E-state index in [0.29, 0.717) is 6.04 Å². The van der Waals surface area contributed by atoms with Gasteiger partial charge in [-0.05, 0) is 50.7 Å². The van der Waals surface area contributed by atoms with E-state index < -0.39 is 0 Å². The standard InChI is InChI=1S/C22H32N6/c1-2-26-12-8-20(9-13-26)25-18-19-6-5-11-24-22(19)28-16-14-27(15-17-28)21-7-3-4-10-23-21/h3-7,10-11,20,25H,2,8-9,12-18H2,1H3. The van der Waals surface area contributed by atoms with Crippen molar-refractivity contribution in [3.05, 3.63) is 48.3 Å². The third kappa shape index (κ3) is 4.62. The van der Waals surface area contributed by atoms with Crippen molar-refractivity contribution in [2.24, 2.45) is 0 Å². The van der Waals surface area contributed by atoms with E-state index in [4.69, 9.17) is 4.98 Å². The SMILES string of the molecule is CCN1CCC(NCc2cccnc2N2CCN(c3ccccn3)CC2)CC1. The molecule has 1 N–H and O–H groups in total. The summed E-state index contributed by atoms with van der Waals surface area (Å²) in [4.78, 5) is 16.5. The number of pyridine rings is 2. The molecule has 0 spiro atoms. The van der Waals surface area contributed by atoms with E-state index in [1.807, 2.05) is 18.5 Å². The van der Waals surface area contributed by atoms with Crippen molar-refractivity contribution >= 4 is 11.6 Å². The van der Waals surface area contributed by atoms with Crippen LogP contribution >= 0.6 is 0 Å². The maximum atomic E-state index is 4.73. The third-order valence-electron chi connectivity index (χ3n) is 6.04. The number of piperidine rings is 1. The Kier molecular flexibility index (Phi) is 6.39. The van der Waals surface area contributed by atoms with Crippen molar-refractivity contribution in [3.8, 4) is 0 Å². The molecule has 2 aliphatic heterocycles. The molecule has 2 fully saturated rings. The monoisotopic (exact) mass is 380 g/mol. The highest BCUT2D eigenvalue weighted by Crippen LogP contribution is 2.21. The van der Waals surface area contributed by atoms with Gasteiger partial charge in [0.15, 0.2) is 0 Å². The molecular weight excluding hydrogens is 348 g/mol. The second-order valence-electron chi connectivity index (χ2n) is 7.74. The summed E-state index contributed by atoms with van der Waals surface area (Å²) in [5.41, 5.74) is 1.31. The summed E-state index contributed by atoms with van der Waals surface area (Å²) in [6.07, 6.45) is 6.28. The van der Waals surface area contributed by atoms with Crippen LogP contribution in [0, 0.1) is 0 Å². The summed E-state index contributed by atoms with van der Waals surface area (Å²) in [6, 6.07) is 11.0. The molecule has 4 rings (SSSR count). The summed E-state index contributed by atoms with van der Waals surface area (Å²) in [5, 5.41) is 3.78. The molecule has 0 bridgehead atoms. The van der Waals surface area contributed by atoms with E-state index in [1.165, 1.54) is 38.0 Å². The highest BCUT2D eigenvalue weighted by atomic mass is 15.3. The summed E-state index contributed by atoms with van der Waals surface area (Å²) >= 11 is 0. The average Bonchev–Trinajstić information content (AvgIpc) is 2.79. The average molecular weight is 381 g/mol. The van der Waals surface area contributed by atoms with Gasteiger partial charge >= 0.3 is 0 Å². The van der Waals surface area contributed by atoms with Crippen LogP contribution in [0.1, 0.15) is 25.3 Å². The summed E-state index contributed by atoms with van der Waals surface area (Å²) in [6.45, 7) is 10.7. The minimum atomic E-state index is 0.622. The van der Waals surface area contributed by atoms with Gasteiger partial charge in [-0.2, -0.15) is 0 Å². The van der Waals surface area contributed by atoms with Gasteiger partial charge in [-0.3, -0.25) is 0 Å². The Balaban J connectivity index is 1.33. The first kappa shape index (κ1) is 19.2. The number of hydrogen-bond acceptors (Lipinski definition) is 6. The van der Waals surface area contributed by atoms with Crippen LogP contribution in [0.4, 0.5) is 11.6 Å². The largest absolute Gasteiger partial charge is 0.353 e. The fourth-order valence-corrected chi connectivity index (χ4v) is 4.25. The van der Waals surface area contributed by atoms with Crippen LogP contribution in [0.2, 0.25) is 0 Å². The van der Waals surface area contributed by atoms with Crippen molar-refractivity contribution in [3.63, 3.8) is 0 Å². The number of nitrogens with one attached hydrogen (secondary N) is 1. The molecule has 0 amide bonds. The number of aromatic nitrogens is 2. The Hall–Kier alpha value is -2.18. The molecule has 0 radical (unpaired) electrons. The van der Waals surface area contributed by atoms with E-state index in [9.17, 15) is 0 Å². The molecule has 4 heterocycles. The molecule has 2 saturated heterocycles. The first-order chi connectivity index (χ1) is 13.8. The van der Waals surface area contributed by atoms with Gasteiger partial charge in [-0.1, -0.05) is 19.1 Å². The molecular formula is C22H32N6. The van der Waals surface area contributed by atoms with Crippen molar-refractivity contribution in [1.29, 1.82) is 0 Å². The van der Waals surface area contributed by atoms with Crippen molar-refractivity contribution in [2.45, 2.75) is 32.4 Å². The van der Waals surface area contributed by atoms with Crippen molar-refractivity contribution in [1.82, 2.24) is 20.2 Å². The minimum Gasteiger partial charge on any atom is -0.353 e. The van der Waals surface area contributed by atoms with Crippen LogP contribution < -0.4 is 15.1 Å². The highest BCUT2D eigenvalue weighted by Gasteiger charge is 2.22. The number of piperazine rings is 1. The molecule has 0 aliphatic carbocycles. The summed E-state index contributed by atoms with van der Waals surface area (Å²) in [5.74, 6) is 2.21. The van der Waals surface area contributed by atoms with Gasteiger partial charge in [0.1, 0.15) is 11.6 Å². The molecule has 6 nitrogen and oxygen atoms in total. The number of rotatable bonds is 6. The molecule has 2 aromatic rings.